The molecule has 0 saturated heterocycles. The van der Waals surface area contributed by atoms with E-state index in [-0.39, 0.29) is 5.56 Å². The zero-order chi connectivity index (χ0) is 11.6. The predicted octanol–water partition coefficient (Wildman–Crippen LogP) is 0.237. The van der Waals surface area contributed by atoms with Crippen LogP contribution >= 0.6 is 0 Å². The van der Waals surface area contributed by atoms with Crippen molar-refractivity contribution in [3.8, 4) is 17.6 Å². The maximum atomic E-state index is 11.0. The van der Waals surface area contributed by atoms with Crippen LogP contribution in [0, 0.1) is 11.3 Å². The minimum Gasteiger partial charge on any atom is -0.507 e. The highest BCUT2D eigenvalue weighted by Crippen LogP contribution is 2.27. The molecule has 0 aliphatic carbocycles. The van der Waals surface area contributed by atoms with Crippen LogP contribution in [-0.4, -0.2) is 27.1 Å². The summed E-state index contributed by atoms with van der Waals surface area (Å²) in [4.78, 5) is 21.3. The lowest BCUT2D eigenvalue weighted by Gasteiger charge is -2.02. The number of nitriles is 1. The highest BCUT2D eigenvalue weighted by Gasteiger charge is 2.20. The van der Waals surface area contributed by atoms with Gasteiger partial charge in [0.2, 0.25) is 0 Å². The van der Waals surface area contributed by atoms with Crippen LogP contribution in [0.5, 0.6) is 11.5 Å². The van der Waals surface area contributed by atoms with Crippen LogP contribution in [0.4, 0.5) is 0 Å². The van der Waals surface area contributed by atoms with E-state index in [2.05, 4.69) is 0 Å². The molecule has 1 aromatic carbocycles. The summed E-state index contributed by atoms with van der Waals surface area (Å²) in [6.45, 7) is 0. The van der Waals surface area contributed by atoms with E-state index in [4.69, 9.17) is 15.5 Å². The van der Waals surface area contributed by atoms with Gasteiger partial charge in [-0.15, -0.1) is 0 Å². The van der Waals surface area contributed by atoms with Crippen molar-refractivity contribution < 1.29 is 24.9 Å². The number of carboxylic acids is 1. The Morgan fingerprint density at radius 1 is 1.20 bits per heavy atom. The minimum absolute atomic E-state index is 0.280. The Morgan fingerprint density at radius 3 is 2.27 bits per heavy atom. The highest BCUT2D eigenvalue weighted by atomic mass is 16.4. The number of benzene rings is 1. The zero-order valence-corrected chi connectivity index (χ0v) is 7.26. The molecule has 0 amide bonds. The van der Waals surface area contributed by atoms with Gasteiger partial charge in [0.25, 0.3) is 5.78 Å². The quantitative estimate of drug-likeness (QED) is 0.472. The van der Waals surface area contributed by atoms with Gasteiger partial charge in [-0.3, -0.25) is 4.79 Å². The Bertz CT molecular complexity index is 486. The zero-order valence-electron chi connectivity index (χ0n) is 7.26. The van der Waals surface area contributed by atoms with Crippen LogP contribution < -0.4 is 0 Å². The molecule has 0 spiro atoms. The smallest absolute Gasteiger partial charge is 0.377 e. The Morgan fingerprint density at radius 2 is 1.80 bits per heavy atom. The summed E-state index contributed by atoms with van der Waals surface area (Å²) in [7, 11) is 0. The van der Waals surface area contributed by atoms with Gasteiger partial charge in [0.15, 0.2) is 0 Å². The molecular weight excluding hydrogens is 202 g/mol. The molecule has 0 saturated carbocycles. The lowest BCUT2D eigenvalue weighted by atomic mass is 10.1. The molecule has 1 rings (SSSR count). The molecule has 0 heterocycles. The van der Waals surface area contributed by atoms with Crippen LogP contribution in [0.25, 0.3) is 0 Å². The van der Waals surface area contributed by atoms with E-state index in [1.807, 2.05) is 0 Å². The van der Waals surface area contributed by atoms with Crippen molar-refractivity contribution >= 4 is 11.8 Å². The summed E-state index contributed by atoms with van der Waals surface area (Å²) in [5, 5.41) is 35.2. The fourth-order valence-corrected chi connectivity index (χ4v) is 0.964. The topological polar surface area (TPSA) is 119 Å². The fraction of sp³-hybridized carbons (Fsp3) is 0. The monoisotopic (exact) mass is 207 g/mol. The van der Waals surface area contributed by atoms with Crippen molar-refractivity contribution in [1.29, 1.82) is 5.26 Å². The van der Waals surface area contributed by atoms with E-state index in [1.54, 1.807) is 6.07 Å². The number of hydrogen-bond acceptors (Lipinski definition) is 5. The van der Waals surface area contributed by atoms with Crippen LogP contribution in [0.2, 0.25) is 0 Å². The van der Waals surface area contributed by atoms with Gasteiger partial charge >= 0.3 is 5.97 Å². The number of ketones is 1. The molecular formula is C9H5NO5. The number of aromatic hydroxyl groups is 2. The molecule has 0 radical (unpaired) electrons. The number of hydrogen-bond donors (Lipinski definition) is 3. The largest absolute Gasteiger partial charge is 0.507 e. The van der Waals surface area contributed by atoms with Crippen LogP contribution in [0.3, 0.4) is 0 Å². The molecule has 76 valence electrons. The second-order valence-corrected chi connectivity index (χ2v) is 2.63. The predicted molar refractivity (Wildman–Crippen MR) is 46.5 cm³/mol. The van der Waals surface area contributed by atoms with Crippen LogP contribution in [0.1, 0.15) is 15.9 Å². The van der Waals surface area contributed by atoms with Gasteiger partial charge in [-0.25, -0.2) is 4.79 Å². The van der Waals surface area contributed by atoms with E-state index >= 15 is 0 Å². The number of carboxylic acid groups (broad SMARTS) is 1. The number of rotatable bonds is 2. The first kappa shape index (κ1) is 10.5. The maximum Gasteiger partial charge on any atom is 0.377 e. The molecule has 0 unspecified atom stereocenters. The third-order valence-electron chi connectivity index (χ3n) is 1.67. The first-order valence-corrected chi connectivity index (χ1v) is 3.71. The average molecular weight is 207 g/mol. The van der Waals surface area contributed by atoms with Crippen LogP contribution in [0.15, 0.2) is 12.1 Å². The molecule has 3 N–H and O–H groups in total. The third-order valence-corrected chi connectivity index (χ3v) is 1.67. The average Bonchev–Trinajstić information content (AvgIpc) is 2.17. The summed E-state index contributed by atoms with van der Waals surface area (Å²) < 4.78 is 0. The first-order valence-electron chi connectivity index (χ1n) is 3.71. The number of phenols is 2. The van der Waals surface area contributed by atoms with Gasteiger partial charge < -0.3 is 15.3 Å². The summed E-state index contributed by atoms with van der Waals surface area (Å²) in [5.41, 5.74) is -0.811. The highest BCUT2D eigenvalue weighted by molar-refractivity contribution is 6.40. The molecule has 0 aliphatic rings. The molecule has 0 aliphatic heterocycles. The Hall–Kier alpha value is -2.55. The van der Waals surface area contributed by atoms with Gasteiger partial charge in [0, 0.05) is 6.07 Å². The normalized spacial score (nSPS) is 9.27. The van der Waals surface area contributed by atoms with Crippen molar-refractivity contribution in [3.63, 3.8) is 0 Å². The third kappa shape index (κ3) is 1.86. The van der Waals surface area contributed by atoms with Crippen molar-refractivity contribution in [1.82, 2.24) is 0 Å². The van der Waals surface area contributed by atoms with Crippen molar-refractivity contribution in [2.45, 2.75) is 0 Å². The molecule has 15 heavy (non-hydrogen) atoms. The Balaban J connectivity index is 3.38. The van der Waals surface area contributed by atoms with E-state index < -0.39 is 28.8 Å². The number of carbonyl (C=O) groups is 2. The maximum absolute atomic E-state index is 11.0. The molecule has 0 fully saturated rings. The molecule has 6 heteroatoms. The number of Topliss-reactive ketones (excluding diaryl/α,β-unsaturated/α-hetero) is 1. The Kier molecular flexibility index (Phi) is 2.58. The first-order chi connectivity index (χ1) is 6.97. The second kappa shape index (κ2) is 3.67. The van der Waals surface area contributed by atoms with Crippen molar-refractivity contribution in [3.05, 3.63) is 23.3 Å². The Labute approximate surface area is 83.6 Å². The minimum atomic E-state index is -1.75. The summed E-state index contributed by atoms with van der Waals surface area (Å²) in [5.74, 6) is -4.29. The summed E-state index contributed by atoms with van der Waals surface area (Å²) in [6, 6.07) is 3.12. The van der Waals surface area contributed by atoms with Crippen molar-refractivity contribution in [2.75, 3.05) is 0 Å². The van der Waals surface area contributed by atoms with Gasteiger partial charge in [-0.2, -0.15) is 5.26 Å². The van der Waals surface area contributed by atoms with Gasteiger partial charge in [-0.05, 0) is 6.07 Å². The van der Waals surface area contributed by atoms with Gasteiger partial charge in [0.1, 0.15) is 17.6 Å². The number of carbonyl (C=O) groups excluding carboxylic acids is 1. The van der Waals surface area contributed by atoms with Gasteiger partial charge in [0.05, 0.1) is 11.1 Å². The van der Waals surface area contributed by atoms with Crippen molar-refractivity contribution in [2.24, 2.45) is 0 Å². The number of nitrogens with zero attached hydrogens (tertiary/aromatic N) is 1. The summed E-state index contributed by atoms with van der Waals surface area (Å²) in [6.07, 6.45) is 0. The second-order valence-electron chi connectivity index (χ2n) is 2.63. The lowest BCUT2D eigenvalue weighted by molar-refractivity contribution is -0.131. The number of phenolic OH excluding ortho intramolecular Hbond substituents is 2. The van der Waals surface area contributed by atoms with Gasteiger partial charge in [-0.1, -0.05) is 0 Å². The molecule has 0 aromatic heterocycles. The molecule has 1 aromatic rings. The summed E-state index contributed by atoms with van der Waals surface area (Å²) >= 11 is 0. The van der Waals surface area contributed by atoms with E-state index in [1.165, 1.54) is 0 Å². The lowest BCUT2D eigenvalue weighted by Crippen LogP contribution is -2.13. The van der Waals surface area contributed by atoms with Crippen LogP contribution in [-0.2, 0) is 4.79 Å². The van der Waals surface area contributed by atoms with E-state index in [0.717, 1.165) is 12.1 Å². The molecule has 0 atom stereocenters. The SMILES string of the molecule is N#Cc1cc(C(=O)C(=O)O)c(O)cc1O. The fourth-order valence-electron chi connectivity index (χ4n) is 0.964. The number of aliphatic carboxylic acids is 1. The molecule has 6 nitrogen and oxygen atoms in total. The van der Waals surface area contributed by atoms with E-state index in [0.29, 0.717) is 0 Å². The standard InChI is InChI=1S/C9H5NO5/c10-3-4-1-5(8(13)9(14)15)7(12)2-6(4)11/h1-2,11-12H,(H,14,15). The molecule has 0 bridgehead atoms. The van der Waals surface area contributed by atoms with E-state index in [9.17, 15) is 14.7 Å².